The smallest absolute Gasteiger partial charge is 0.323 e. The van der Waals surface area contributed by atoms with Crippen LogP contribution in [0.2, 0.25) is 0 Å². The van der Waals surface area contributed by atoms with Gasteiger partial charge in [0.1, 0.15) is 6.04 Å². The zero-order chi connectivity index (χ0) is 8.85. The molecule has 0 heterocycles. The Morgan fingerprint density at radius 2 is 2.08 bits per heavy atom. The van der Waals surface area contributed by atoms with Gasteiger partial charge in [-0.25, -0.2) is 8.78 Å². The van der Waals surface area contributed by atoms with E-state index in [0.717, 1.165) is 0 Å². The molecule has 0 aliphatic rings. The summed E-state index contributed by atoms with van der Waals surface area (Å²) in [6.07, 6.45) is -3.20. The number of hydrogen-bond acceptors (Lipinski definition) is 3. The zero-order valence-electron chi connectivity index (χ0n) is 6.63. The van der Waals surface area contributed by atoms with E-state index in [1.807, 2.05) is 0 Å². The van der Waals surface area contributed by atoms with Crippen molar-refractivity contribution in [2.24, 2.45) is 5.73 Å². The highest BCUT2D eigenvalue weighted by atomic mass is 35.5. The first kappa shape index (κ1) is 14.1. The van der Waals surface area contributed by atoms with Crippen LogP contribution >= 0.6 is 12.4 Å². The lowest BCUT2D eigenvalue weighted by Gasteiger charge is -2.08. The van der Waals surface area contributed by atoms with Gasteiger partial charge in [0.2, 0.25) is 6.43 Å². The normalized spacial score (nSPS) is 12.1. The molecule has 0 aromatic rings. The molecule has 0 rings (SSSR count). The van der Waals surface area contributed by atoms with Crippen molar-refractivity contribution in [3.8, 4) is 0 Å². The summed E-state index contributed by atoms with van der Waals surface area (Å²) >= 11 is 0. The zero-order valence-corrected chi connectivity index (χ0v) is 7.44. The second-order valence-electron chi connectivity index (χ2n) is 1.99. The first-order valence-electron chi connectivity index (χ1n) is 3.28. The number of carbonyl (C=O) groups excluding carboxylic acids is 1. The van der Waals surface area contributed by atoms with E-state index in [9.17, 15) is 13.6 Å². The predicted molar refractivity (Wildman–Crippen MR) is 42.5 cm³/mol. The summed E-state index contributed by atoms with van der Waals surface area (Å²) < 4.78 is 27.6. The SMILES string of the molecule is CCOC(=O)C(N)CC(F)F.Cl. The standard InChI is InChI=1S/C6H11F2NO2.ClH/c1-2-11-6(10)4(9)3-5(7)8;/h4-5H,2-3,9H2,1H3;1H. The van der Waals surface area contributed by atoms with E-state index >= 15 is 0 Å². The van der Waals surface area contributed by atoms with Crippen LogP contribution in [0.15, 0.2) is 0 Å². The molecular formula is C6H12ClF2NO2. The van der Waals surface area contributed by atoms with Crippen LogP contribution in [-0.2, 0) is 9.53 Å². The van der Waals surface area contributed by atoms with Gasteiger partial charge in [-0.2, -0.15) is 0 Å². The largest absolute Gasteiger partial charge is 0.465 e. The van der Waals surface area contributed by atoms with Crippen LogP contribution in [0, 0.1) is 0 Å². The van der Waals surface area contributed by atoms with E-state index in [0.29, 0.717) is 0 Å². The molecule has 0 spiro atoms. The first-order chi connectivity index (χ1) is 5.07. The van der Waals surface area contributed by atoms with Crippen molar-refractivity contribution in [2.75, 3.05) is 6.61 Å². The third-order valence-electron chi connectivity index (χ3n) is 1.02. The van der Waals surface area contributed by atoms with Gasteiger partial charge in [0, 0.05) is 6.42 Å². The van der Waals surface area contributed by atoms with Gasteiger partial charge in [0.15, 0.2) is 0 Å². The molecule has 1 unspecified atom stereocenters. The van der Waals surface area contributed by atoms with Gasteiger partial charge in [0.25, 0.3) is 0 Å². The van der Waals surface area contributed by atoms with Crippen LogP contribution in [0.4, 0.5) is 8.78 Å². The topological polar surface area (TPSA) is 52.3 Å². The maximum atomic E-state index is 11.6. The second kappa shape index (κ2) is 7.24. The lowest BCUT2D eigenvalue weighted by atomic mass is 10.2. The van der Waals surface area contributed by atoms with Gasteiger partial charge in [-0.1, -0.05) is 0 Å². The molecule has 3 nitrogen and oxygen atoms in total. The fourth-order valence-corrected chi connectivity index (χ4v) is 0.537. The van der Waals surface area contributed by atoms with Crippen molar-refractivity contribution in [3.05, 3.63) is 0 Å². The number of halogens is 3. The number of nitrogens with two attached hydrogens (primary N) is 1. The van der Waals surface area contributed by atoms with Crippen LogP contribution in [0.25, 0.3) is 0 Å². The van der Waals surface area contributed by atoms with Gasteiger partial charge in [-0.15, -0.1) is 12.4 Å². The molecule has 0 amide bonds. The number of rotatable bonds is 4. The van der Waals surface area contributed by atoms with E-state index < -0.39 is 24.9 Å². The summed E-state index contributed by atoms with van der Waals surface area (Å²) in [7, 11) is 0. The molecule has 0 radical (unpaired) electrons. The number of esters is 1. The van der Waals surface area contributed by atoms with Crippen molar-refractivity contribution >= 4 is 18.4 Å². The minimum atomic E-state index is -2.56. The molecule has 0 saturated heterocycles. The molecule has 0 aromatic carbocycles. The van der Waals surface area contributed by atoms with Crippen molar-refractivity contribution in [1.29, 1.82) is 0 Å². The molecule has 6 heteroatoms. The molecule has 0 bridgehead atoms. The van der Waals surface area contributed by atoms with Crippen molar-refractivity contribution in [3.63, 3.8) is 0 Å². The molecule has 2 N–H and O–H groups in total. The quantitative estimate of drug-likeness (QED) is 0.693. The Bertz CT molecular complexity index is 135. The van der Waals surface area contributed by atoms with Gasteiger partial charge in [0.05, 0.1) is 6.61 Å². The highest BCUT2D eigenvalue weighted by Crippen LogP contribution is 2.02. The fraction of sp³-hybridized carbons (Fsp3) is 0.833. The predicted octanol–water partition coefficient (Wildman–Crippen LogP) is 0.954. The van der Waals surface area contributed by atoms with Gasteiger partial charge in [-0.05, 0) is 6.92 Å². The highest BCUT2D eigenvalue weighted by Gasteiger charge is 2.18. The Labute approximate surface area is 75.7 Å². The van der Waals surface area contributed by atoms with Gasteiger partial charge in [-0.3, -0.25) is 4.79 Å². The molecule has 0 aliphatic carbocycles. The summed E-state index contributed by atoms with van der Waals surface area (Å²) in [5, 5.41) is 0. The van der Waals surface area contributed by atoms with Crippen LogP contribution in [0.1, 0.15) is 13.3 Å². The molecular weight excluding hydrogens is 192 g/mol. The van der Waals surface area contributed by atoms with Crippen molar-refractivity contribution in [2.45, 2.75) is 25.8 Å². The molecule has 1 atom stereocenters. The highest BCUT2D eigenvalue weighted by molar-refractivity contribution is 5.85. The summed E-state index contributed by atoms with van der Waals surface area (Å²) in [5.41, 5.74) is 5.05. The van der Waals surface area contributed by atoms with E-state index in [1.54, 1.807) is 6.92 Å². The van der Waals surface area contributed by atoms with Crippen LogP contribution < -0.4 is 5.73 Å². The Balaban J connectivity index is 0. The Kier molecular flexibility index (Phi) is 8.52. The molecule has 0 fully saturated rings. The fourth-order valence-electron chi connectivity index (χ4n) is 0.537. The number of carbonyl (C=O) groups is 1. The summed E-state index contributed by atoms with van der Waals surface area (Å²) in [5.74, 6) is -0.771. The van der Waals surface area contributed by atoms with Crippen LogP contribution in [0.3, 0.4) is 0 Å². The van der Waals surface area contributed by atoms with E-state index in [4.69, 9.17) is 5.73 Å². The maximum absolute atomic E-state index is 11.6. The number of alkyl halides is 2. The Morgan fingerprint density at radius 3 is 2.42 bits per heavy atom. The lowest BCUT2D eigenvalue weighted by Crippen LogP contribution is -2.34. The molecule has 12 heavy (non-hydrogen) atoms. The second-order valence-corrected chi connectivity index (χ2v) is 1.99. The molecule has 0 saturated carbocycles. The number of ether oxygens (including phenoxy) is 1. The lowest BCUT2D eigenvalue weighted by molar-refractivity contribution is -0.145. The maximum Gasteiger partial charge on any atom is 0.323 e. The van der Waals surface area contributed by atoms with Crippen LogP contribution in [-0.4, -0.2) is 25.0 Å². The monoisotopic (exact) mass is 203 g/mol. The summed E-state index contributed by atoms with van der Waals surface area (Å²) in [4.78, 5) is 10.6. The van der Waals surface area contributed by atoms with E-state index in [2.05, 4.69) is 4.74 Å². The van der Waals surface area contributed by atoms with E-state index in [1.165, 1.54) is 0 Å². The third kappa shape index (κ3) is 6.30. The minimum absolute atomic E-state index is 0. The molecule has 0 aromatic heterocycles. The Hall–Kier alpha value is -0.420. The summed E-state index contributed by atoms with van der Waals surface area (Å²) in [6, 6.07) is -1.20. The van der Waals surface area contributed by atoms with Crippen molar-refractivity contribution < 1.29 is 18.3 Å². The molecule has 74 valence electrons. The van der Waals surface area contributed by atoms with Crippen LogP contribution in [0.5, 0.6) is 0 Å². The van der Waals surface area contributed by atoms with Crippen molar-refractivity contribution in [1.82, 2.24) is 0 Å². The summed E-state index contributed by atoms with van der Waals surface area (Å²) in [6.45, 7) is 1.75. The van der Waals surface area contributed by atoms with Gasteiger partial charge >= 0.3 is 5.97 Å². The minimum Gasteiger partial charge on any atom is -0.465 e. The number of hydrogen-bond donors (Lipinski definition) is 1. The average Bonchev–Trinajstić information content (AvgIpc) is 1.86. The molecule has 0 aliphatic heterocycles. The van der Waals surface area contributed by atoms with Gasteiger partial charge < -0.3 is 10.5 Å². The average molecular weight is 204 g/mol. The Morgan fingerprint density at radius 1 is 1.58 bits per heavy atom. The first-order valence-corrected chi connectivity index (χ1v) is 3.28. The third-order valence-corrected chi connectivity index (χ3v) is 1.02. The van der Waals surface area contributed by atoms with E-state index in [-0.39, 0.29) is 19.0 Å².